The first-order valence-electron chi connectivity index (χ1n) is 9.88. The molecule has 2 amide bonds. The number of hydrogen-bond donors (Lipinski definition) is 2. The summed E-state index contributed by atoms with van der Waals surface area (Å²) in [5.41, 5.74) is 0.207. The summed E-state index contributed by atoms with van der Waals surface area (Å²) in [6.07, 6.45) is -4.59. The van der Waals surface area contributed by atoms with Crippen molar-refractivity contribution in [1.82, 2.24) is 5.32 Å². The van der Waals surface area contributed by atoms with E-state index in [1.54, 1.807) is 35.6 Å². The Morgan fingerprint density at radius 1 is 0.882 bits per heavy atom. The standard InChI is InChI=1S/C23H20F3N3O4S/c1-29(17-9-3-2-4-10-17)34(32,33)18-11-7-8-16(14-18)21(30)28-20-13-6-5-12-19(20)22(31)27-15-23(24,25)26/h2-14H,15H2,1H3,(H,27,31)(H,28,30). The molecule has 11 heteroatoms. The van der Waals surface area contributed by atoms with Gasteiger partial charge in [-0.3, -0.25) is 13.9 Å². The predicted molar refractivity (Wildman–Crippen MR) is 121 cm³/mol. The number of para-hydroxylation sites is 2. The minimum absolute atomic E-state index is 0.0203. The smallest absolute Gasteiger partial charge is 0.343 e. The van der Waals surface area contributed by atoms with Crippen LogP contribution in [0.5, 0.6) is 0 Å². The molecule has 0 fully saturated rings. The first kappa shape index (κ1) is 24.8. The summed E-state index contributed by atoms with van der Waals surface area (Å²) in [6, 6.07) is 19.2. The van der Waals surface area contributed by atoms with Gasteiger partial charge in [0.15, 0.2) is 0 Å². The molecule has 0 spiro atoms. The molecule has 0 aliphatic heterocycles. The van der Waals surface area contributed by atoms with Gasteiger partial charge in [0.2, 0.25) is 0 Å². The van der Waals surface area contributed by atoms with Crippen molar-refractivity contribution in [3.05, 3.63) is 90.0 Å². The molecule has 0 aliphatic carbocycles. The van der Waals surface area contributed by atoms with Gasteiger partial charge in [0.05, 0.1) is 21.8 Å². The largest absolute Gasteiger partial charge is 0.405 e. The van der Waals surface area contributed by atoms with Gasteiger partial charge in [0, 0.05) is 12.6 Å². The summed E-state index contributed by atoms with van der Waals surface area (Å²) in [4.78, 5) is 24.8. The summed E-state index contributed by atoms with van der Waals surface area (Å²) in [5.74, 6) is -1.76. The Bertz CT molecular complexity index is 1300. The number of benzene rings is 3. The van der Waals surface area contributed by atoms with Crippen molar-refractivity contribution >= 4 is 33.2 Å². The second-order valence-corrected chi connectivity index (χ2v) is 9.10. The van der Waals surface area contributed by atoms with E-state index in [-0.39, 0.29) is 21.7 Å². The number of alkyl halides is 3. The quantitative estimate of drug-likeness (QED) is 0.521. The Balaban J connectivity index is 1.83. The lowest BCUT2D eigenvalue weighted by molar-refractivity contribution is -0.123. The van der Waals surface area contributed by atoms with E-state index in [0.29, 0.717) is 5.69 Å². The summed E-state index contributed by atoms with van der Waals surface area (Å²) in [6.45, 7) is -1.52. The third-order valence-electron chi connectivity index (χ3n) is 4.74. The maximum absolute atomic E-state index is 13.0. The Morgan fingerprint density at radius 3 is 2.21 bits per heavy atom. The number of hydrogen-bond acceptors (Lipinski definition) is 4. The molecule has 0 aromatic heterocycles. The van der Waals surface area contributed by atoms with Crippen LogP contribution in [-0.2, 0) is 10.0 Å². The fourth-order valence-electron chi connectivity index (χ4n) is 2.99. The highest BCUT2D eigenvalue weighted by molar-refractivity contribution is 7.92. The van der Waals surface area contributed by atoms with Gasteiger partial charge in [-0.15, -0.1) is 0 Å². The molecule has 0 bridgehead atoms. The number of carbonyl (C=O) groups is 2. The van der Waals surface area contributed by atoms with Crippen LogP contribution in [0.2, 0.25) is 0 Å². The Kier molecular flexibility index (Phi) is 7.26. The molecule has 34 heavy (non-hydrogen) atoms. The van der Waals surface area contributed by atoms with E-state index in [1.165, 1.54) is 55.6 Å². The Morgan fingerprint density at radius 2 is 1.53 bits per heavy atom. The number of sulfonamides is 1. The predicted octanol–water partition coefficient (Wildman–Crippen LogP) is 4.06. The second-order valence-electron chi connectivity index (χ2n) is 7.13. The average molecular weight is 491 g/mol. The number of anilines is 2. The van der Waals surface area contributed by atoms with Crippen LogP contribution >= 0.6 is 0 Å². The first-order valence-corrected chi connectivity index (χ1v) is 11.3. The highest BCUT2D eigenvalue weighted by Gasteiger charge is 2.28. The Labute approximate surface area is 194 Å². The van der Waals surface area contributed by atoms with E-state index in [1.807, 2.05) is 0 Å². The molecule has 7 nitrogen and oxygen atoms in total. The lowest BCUT2D eigenvalue weighted by Crippen LogP contribution is -2.34. The van der Waals surface area contributed by atoms with E-state index in [9.17, 15) is 31.2 Å². The molecule has 0 saturated heterocycles. The van der Waals surface area contributed by atoms with E-state index < -0.39 is 34.6 Å². The fraction of sp³-hybridized carbons (Fsp3) is 0.130. The molecule has 2 N–H and O–H groups in total. The van der Waals surface area contributed by atoms with E-state index >= 15 is 0 Å². The lowest BCUT2D eigenvalue weighted by atomic mass is 10.1. The first-order chi connectivity index (χ1) is 16.0. The second kappa shape index (κ2) is 9.96. The molecule has 0 heterocycles. The van der Waals surface area contributed by atoms with Crippen molar-refractivity contribution in [1.29, 1.82) is 0 Å². The molecule has 3 aromatic carbocycles. The molecule has 0 unspecified atom stereocenters. The third kappa shape index (κ3) is 5.93. The molecule has 0 saturated carbocycles. The van der Waals surface area contributed by atoms with E-state index in [0.717, 1.165) is 4.31 Å². The average Bonchev–Trinajstić information content (AvgIpc) is 2.82. The van der Waals surface area contributed by atoms with Gasteiger partial charge in [-0.1, -0.05) is 36.4 Å². The molecule has 0 atom stereocenters. The van der Waals surface area contributed by atoms with E-state index in [2.05, 4.69) is 5.32 Å². The van der Waals surface area contributed by atoms with Crippen molar-refractivity contribution in [3.8, 4) is 0 Å². The molecule has 0 radical (unpaired) electrons. The van der Waals surface area contributed by atoms with Crippen molar-refractivity contribution < 1.29 is 31.2 Å². The van der Waals surface area contributed by atoms with Crippen LogP contribution in [0.3, 0.4) is 0 Å². The highest BCUT2D eigenvalue weighted by Crippen LogP contribution is 2.23. The van der Waals surface area contributed by atoms with Crippen molar-refractivity contribution in [2.45, 2.75) is 11.1 Å². The summed E-state index contributed by atoms with van der Waals surface area (Å²) < 4.78 is 64.4. The van der Waals surface area contributed by atoms with Gasteiger partial charge < -0.3 is 10.6 Å². The fourth-order valence-corrected chi connectivity index (χ4v) is 4.23. The van der Waals surface area contributed by atoms with Gasteiger partial charge in [-0.05, 0) is 42.5 Å². The van der Waals surface area contributed by atoms with Crippen molar-refractivity contribution in [2.75, 3.05) is 23.2 Å². The maximum Gasteiger partial charge on any atom is 0.405 e. The molecular weight excluding hydrogens is 471 g/mol. The van der Waals surface area contributed by atoms with Gasteiger partial charge in [-0.25, -0.2) is 8.42 Å². The molecule has 0 aliphatic rings. The molecule has 3 rings (SSSR count). The van der Waals surface area contributed by atoms with Crippen LogP contribution in [0.1, 0.15) is 20.7 Å². The number of amides is 2. The van der Waals surface area contributed by atoms with Crippen LogP contribution in [0.4, 0.5) is 24.5 Å². The SMILES string of the molecule is CN(c1ccccc1)S(=O)(=O)c1cccc(C(=O)Nc2ccccc2C(=O)NCC(F)(F)F)c1. The lowest BCUT2D eigenvalue weighted by Gasteiger charge is -2.19. The van der Waals surface area contributed by atoms with E-state index in [4.69, 9.17) is 0 Å². The monoisotopic (exact) mass is 491 g/mol. The number of nitrogens with zero attached hydrogens (tertiary/aromatic N) is 1. The van der Waals surface area contributed by atoms with Gasteiger partial charge in [0.25, 0.3) is 21.8 Å². The van der Waals surface area contributed by atoms with Gasteiger partial charge >= 0.3 is 6.18 Å². The van der Waals surface area contributed by atoms with Crippen LogP contribution in [0.15, 0.2) is 83.8 Å². The minimum atomic E-state index is -4.59. The van der Waals surface area contributed by atoms with Crippen molar-refractivity contribution in [2.24, 2.45) is 0 Å². The third-order valence-corrected chi connectivity index (χ3v) is 6.53. The number of nitrogens with one attached hydrogen (secondary N) is 2. The van der Waals surface area contributed by atoms with Crippen LogP contribution in [0, 0.1) is 0 Å². The van der Waals surface area contributed by atoms with Gasteiger partial charge in [-0.2, -0.15) is 13.2 Å². The highest BCUT2D eigenvalue weighted by atomic mass is 32.2. The van der Waals surface area contributed by atoms with Crippen molar-refractivity contribution in [3.63, 3.8) is 0 Å². The Hall–Kier alpha value is -3.86. The van der Waals surface area contributed by atoms with Gasteiger partial charge in [0.1, 0.15) is 6.54 Å². The minimum Gasteiger partial charge on any atom is -0.343 e. The maximum atomic E-state index is 13.0. The number of rotatable bonds is 7. The number of carbonyl (C=O) groups excluding carboxylic acids is 2. The summed E-state index contributed by atoms with van der Waals surface area (Å²) in [5, 5.41) is 4.20. The zero-order valence-electron chi connectivity index (χ0n) is 17.8. The summed E-state index contributed by atoms with van der Waals surface area (Å²) >= 11 is 0. The topological polar surface area (TPSA) is 95.6 Å². The van der Waals surface area contributed by atoms with Crippen LogP contribution < -0.4 is 14.9 Å². The zero-order chi connectivity index (χ0) is 24.9. The zero-order valence-corrected chi connectivity index (χ0v) is 18.7. The summed E-state index contributed by atoms with van der Waals surface area (Å²) in [7, 11) is -2.60. The normalized spacial score (nSPS) is 11.5. The van der Waals surface area contributed by atoms with Crippen LogP contribution in [-0.4, -0.2) is 40.0 Å². The van der Waals surface area contributed by atoms with Crippen LogP contribution in [0.25, 0.3) is 0 Å². The molecule has 3 aromatic rings. The molecule has 178 valence electrons. The number of halogens is 3. The molecular formula is C23H20F3N3O4S.